The molecule has 4 heteroatoms. The summed E-state index contributed by atoms with van der Waals surface area (Å²) in [5, 5.41) is 2.86. The van der Waals surface area contributed by atoms with Crippen molar-refractivity contribution in [3.8, 4) is 5.75 Å². The molecule has 0 aliphatic carbocycles. The second kappa shape index (κ2) is 8.93. The van der Waals surface area contributed by atoms with E-state index in [4.69, 9.17) is 4.74 Å². The molecule has 1 atom stereocenters. The van der Waals surface area contributed by atoms with E-state index in [1.165, 1.54) is 17.7 Å². The summed E-state index contributed by atoms with van der Waals surface area (Å²) < 4.78 is 19.1. The van der Waals surface area contributed by atoms with Crippen LogP contribution in [0.1, 0.15) is 25.3 Å². The van der Waals surface area contributed by atoms with Gasteiger partial charge in [-0.2, -0.15) is 0 Å². The molecule has 1 amide bonds. The Morgan fingerprint density at radius 1 is 1.13 bits per heavy atom. The molecule has 0 spiro atoms. The van der Waals surface area contributed by atoms with Crippen LogP contribution in [0.3, 0.4) is 0 Å². The summed E-state index contributed by atoms with van der Waals surface area (Å²) in [5.74, 6) is -0.551. The summed E-state index contributed by atoms with van der Waals surface area (Å²) in [6.07, 6.45) is 1.57. The van der Waals surface area contributed by atoms with Crippen molar-refractivity contribution >= 4 is 5.91 Å². The van der Waals surface area contributed by atoms with Gasteiger partial charge in [-0.25, -0.2) is 4.39 Å². The van der Waals surface area contributed by atoms with Crippen LogP contribution in [0.15, 0.2) is 54.6 Å². The quantitative estimate of drug-likeness (QED) is 0.754. The minimum absolute atomic E-state index is 0.110. The van der Waals surface area contributed by atoms with Gasteiger partial charge in [0.1, 0.15) is 0 Å². The van der Waals surface area contributed by atoms with Crippen molar-refractivity contribution in [2.75, 3.05) is 6.54 Å². The predicted molar refractivity (Wildman–Crippen MR) is 88.9 cm³/mol. The highest BCUT2D eigenvalue weighted by atomic mass is 19.1. The number of halogens is 1. The summed E-state index contributed by atoms with van der Waals surface area (Å²) in [7, 11) is 0. The number of nitrogens with one attached hydrogen (secondary N) is 1. The molecule has 122 valence electrons. The normalized spacial score (nSPS) is 11.7. The largest absolute Gasteiger partial charge is 0.478 e. The Balaban J connectivity index is 1.77. The fourth-order valence-electron chi connectivity index (χ4n) is 2.28. The van der Waals surface area contributed by atoms with E-state index in [2.05, 4.69) is 17.4 Å². The van der Waals surface area contributed by atoms with Gasteiger partial charge in [-0.3, -0.25) is 4.79 Å². The van der Waals surface area contributed by atoms with Gasteiger partial charge < -0.3 is 10.1 Å². The van der Waals surface area contributed by atoms with Crippen LogP contribution < -0.4 is 10.1 Å². The molecular weight excluding hydrogens is 293 g/mol. The van der Waals surface area contributed by atoms with Crippen LogP contribution in [-0.4, -0.2) is 18.6 Å². The van der Waals surface area contributed by atoms with Crippen LogP contribution >= 0.6 is 0 Å². The summed E-state index contributed by atoms with van der Waals surface area (Å²) in [4.78, 5) is 12.1. The second-order valence-electron chi connectivity index (χ2n) is 5.33. The van der Waals surface area contributed by atoms with E-state index < -0.39 is 11.9 Å². The Morgan fingerprint density at radius 3 is 2.52 bits per heavy atom. The molecule has 23 heavy (non-hydrogen) atoms. The first kappa shape index (κ1) is 17.0. The van der Waals surface area contributed by atoms with Crippen molar-refractivity contribution in [1.29, 1.82) is 0 Å². The smallest absolute Gasteiger partial charge is 0.261 e. The Morgan fingerprint density at radius 2 is 1.83 bits per heavy atom. The standard InChI is InChI=1S/C19H22FNO2/c1-2-17(23-18-13-7-6-12-16(18)20)19(22)21-14-8-11-15-9-4-3-5-10-15/h3-7,9-10,12-13,17H,2,8,11,14H2,1H3,(H,21,22)/t17-/m0/s1. The van der Waals surface area contributed by atoms with Gasteiger partial charge in [0.2, 0.25) is 0 Å². The fraction of sp³-hybridized carbons (Fsp3) is 0.316. The zero-order chi connectivity index (χ0) is 16.5. The van der Waals surface area contributed by atoms with Gasteiger partial charge in [-0.15, -0.1) is 0 Å². The average molecular weight is 315 g/mol. The fourth-order valence-corrected chi connectivity index (χ4v) is 2.28. The maximum absolute atomic E-state index is 13.6. The van der Waals surface area contributed by atoms with Crippen LogP contribution in [-0.2, 0) is 11.2 Å². The first-order chi connectivity index (χ1) is 11.2. The molecule has 0 aliphatic rings. The number of aryl methyl sites for hydroxylation is 1. The van der Waals surface area contributed by atoms with Crippen molar-refractivity contribution in [3.63, 3.8) is 0 Å². The Bertz CT molecular complexity index is 616. The molecular formula is C19H22FNO2. The van der Waals surface area contributed by atoms with E-state index in [9.17, 15) is 9.18 Å². The molecule has 2 aromatic carbocycles. The van der Waals surface area contributed by atoms with E-state index in [1.807, 2.05) is 25.1 Å². The van der Waals surface area contributed by atoms with E-state index in [-0.39, 0.29) is 11.7 Å². The first-order valence-corrected chi connectivity index (χ1v) is 7.93. The topological polar surface area (TPSA) is 38.3 Å². The number of para-hydroxylation sites is 1. The predicted octanol–water partition coefficient (Wildman–Crippen LogP) is 3.73. The van der Waals surface area contributed by atoms with Crippen molar-refractivity contribution in [2.45, 2.75) is 32.3 Å². The third-order valence-electron chi connectivity index (χ3n) is 3.55. The molecule has 2 aromatic rings. The number of benzene rings is 2. The van der Waals surface area contributed by atoms with Crippen LogP contribution in [0.5, 0.6) is 5.75 Å². The lowest BCUT2D eigenvalue weighted by atomic mass is 10.1. The molecule has 2 rings (SSSR count). The number of hydrogen-bond donors (Lipinski definition) is 1. The van der Waals surface area contributed by atoms with Crippen molar-refractivity contribution in [3.05, 3.63) is 66.0 Å². The lowest BCUT2D eigenvalue weighted by Crippen LogP contribution is -2.38. The molecule has 1 N–H and O–H groups in total. The van der Waals surface area contributed by atoms with E-state index >= 15 is 0 Å². The molecule has 0 heterocycles. The molecule has 0 saturated carbocycles. The van der Waals surface area contributed by atoms with Gasteiger partial charge in [-0.1, -0.05) is 49.4 Å². The summed E-state index contributed by atoms with van der Waals surface area (Å²) in [6, 6.07) is 16.2. The van der Waals surface area contributed by atoms with Gasteiger partial charge in [0, 0.05) is 6.54 Å². The second-order valence-corrected chi connectivity index (χ2v) is 5.33. The Labute approximate surface area is 136 Å². The zero-order valence-corrected chi connectivity index (χ0v) is 13.3. The SMILES string of the molecule is CC[C@H](Oc1ccccc1F)C(=O)NCCCc1ccccc1. The summed E-state index contributed by atoms with van der Waals surface area (Å²) in [6.45, 7) is 2.42. The maximum atomic E-state index is 13.6. The molecule has 0 bridgehead atoms. The van der Waals surface area contributed by atoms with E-state index in [1.54, 1.807) is 12.1 Å². The molecule has 0 unspecified atom stereocenters. The van der Waals surface area contributed by atoms with Crippen molar-refractivity contribution in [1.82, 2.24) is 5.32 Å². The summed E-state index contributed by atoms with van der Waals surface area (Å²) >= 11 is 0. The van der Waals surface area contributed by atoms with E-state index in [0.29, 0.717) is 13.0 Å². The molecule has 0 aromatic heterocycles. The number of hydrogen-bond acceptors (Lipinski definition) is 2. The third-order valence-corrected chi connectivity index (χ3v) is 3.55. The first-order valence-electron chi connectivity index (χ1n) is 7.93. The minimum Gasteiger partial charge on any atom is -0.478 e. The highest BCUT2D eigenvalue weighted by molar-refractivity contribution is 5.81. The maximum Gasteiger partial charge on any atom is 0.261 e. The summed E-state index contributed by atoms with van der Waals surface area (Å²) in [5.41, 5.74) is 1.25. The zero-order valence-electron chi connectivity index (χ0n) is 13.3. The number of ether oxygens (including phenoxy) is 1. The number of amides is 1. The van der Waals surface area contributed by atoms with Crippen molar-refractivity contribution in [2.24, 2.45) is 0 Å². The van der Waals surface area contributed by atoms with Gasteiger partial charge in [0.15, 0.2) is 17.7 Å². The van der Waals surface area contributed by atoms with Crippen LogP contribution in [0.2, 0.25) is 0 Å². The third kappa shape index (κ3) is 5.40. The van der Waals surface area contributed by atoms with Gasteiger partial charge in [0.05, 0.1) is 0 Å². The number of carbonyl (C=O) groups is 1. The van der Waals surface area contributed by atoms with E-state index in [0.717, 1.165) is 12.8 Å². The Kier molecular flexibility index (Phi) is 6.60. The molecule has 0 radical (unpaired) electrons. The van der Waals surface area contributed by atoms with Crippen molar-refractivity contribution < 1.29 is 13.9 Å². The van der Waals surface area contributed by atoms with Gasteiger partial charge in [-0.05, 0) is 37.0 Å². The minimum atomic E-state index is -0.677. The number of rotatable bonds is 8. The lowest BCUT2D eigenvalue weighted by Gasteiger charge is -2.17. The highest BCUT2D eigenvalue weighted by Crippen LogP contribution is 2.18. The van der Waals surface area contributed by atoms with Crippen LogP contribution in [0.25, 0.3) is 0 Å². The Hall–Kier alpha value is -2.36. The lowest BCUT2D eigenvalue weighted by molar-refractivity contribution is -0.128. The highest BCUT2D eigenvalue weighted by Gasteiger charge is 2.19. The molecule has 3 nitrogen and oxygen atoms in total. The van der Waals surface area contributed by atoms with Crippen LogP contribution in [0.4, 0.5) is 4.39 Å². The molecule has 0 fully saturated rings. The van der Waals surface area contributed by atoms with Gasteiger partial charge >= 0.3 is 0 Å². The average Bonchev–Trinajstić information content (AvgIpc) is 2.59. The number of carbonyl (C=O) groups excluding carboxylic acids is 1. The van der Waals surface area contributed by atoms with Crippen LogP contribution in [0, 0.1) is 5.82 Å². The van der Waals surface area contributed by atoms with Gasteiger partial charge in [0.25, 0.3) is 5.91 Å². The molecule has 0 saturated heterocycles. The molecule has 0 aliphatic heterocycles. The monoisotopic (exact) mass is 315 g/mol.